The minimum Gasteiger partial charge on any atom is -0.423 e. The summed E-state index contributed by atoms with van der Waals surface area (Å²) in [5.74, 6) is -0.414. The zero-order chi connectivity index (χ0) is 19.6. The number of benzene rings is 2. The van der Waals surface area contributed by atoms with Crippen LogP contribution in [0.15, 0.2) is 54.6 Å². The molecule has 0 aliphatic rings. The number of anilines is 1. The van der Waals surface area contributed by atoms with Gasteiger partial charge >= 0.3 is 5.97 Å². The van der Waals surface area contributed by atoms with Crippen molar-refractivity contribution in [1.82, 2.24) is 5.32 Å². The Hall–Kier alpha value is -3.61. The van der Waals surface area contributed by atoms with Crippen LogP contribution in [-0.2, 0) is 4.79 Å². The highest BCUT2D eigenvalue weighted by molar-refractivity contribution is 5.93. The molecular formula is C20H22N4O3. The van der Waals surface area contributed by atoms with Crippen molar-refractivity contribution in [3.8, 4) is 5.75 Å². The molecule has 0 saturated carbocycles. The topological polar surface area (TPSA) is 117 Å². The van der Waals surface area contributed by atoms with E-state index in [2.05, 4.69) is 10.6 Å². The van der Waals surface area contributed by atoms with Gasteiger partial charge in [0, 0.05) is 18.3 Å². The van der Waals surface area contributed by atoms with Gasteiger partial charge < -0.3 is 21.1 Å². The van der Waals surface area contributed by atoms with Crippen molar-refractivity contribution in [1.29, 1.82) is 5.41 Å². The minimum atomic E-state index is -0.494. The van der Waals surface area contributed by atoms with E-state index in [-0.39, 0.29) is 11.9 Å². The second-order valence-electron chi connectivity index (χ2n) is 5.70. The summed E-state index contributed by atoms with van der Waals surface area (Å²) in [6.07, 6.45) is 4.04. The maximum atomic E-state index is 12.2. The molecule has 2 aromatic carbocycles. The third-order valence-electron chi connectivity index (χ3n) is 3.47. The van der Waals surface area contributed by atoms with Gasteiger partial charge in [0.15, 0.2) is 5.96 Å². The van der Waals surface area contributed by atoms with E-state index in [4.69, 9.17) is 15.9 Å². The van der Waals surface area contributed by atoms with Crippen molar-refractivity contribution in [3.05, 3.63) is 65.7 Å². The quantitative estimate of drug-likeness (QED) is 0.198. The summed E-state index contributed by atoms with van der Waals surface area (Å²) in [6.45, 7) is 2.63. The van der Waals surface area contributed by atoms with Crippen LogP contribution in [0, 0.1) is 5.41 Å². The smallest absolute Gasteiger partial charge is 0.343 e. The molecule has 0 aliphatic heterocycles. The van der Waals surface area contributed by atoms with Crippen molar-refractivity contribution in [2.24, 2.45) is 5.73 Å². The predicted molar refractivity (Wildman–Crippen MR) is 106 cm³/mol. The second kappa shape index (κ2) is 9.76. The van der Waals surface area contributed by atoms with E-state index in [1.54, 1.807) is 54.6 Å². The Balaban J connectivity index is 1.93. The van der Waals surface area contributed by atoms with Crippen molar-refractivity contribution in [3.63, 3.8) is 0 Å². The maximum Gasteiger partial charge on any atom is 0.343 e. The van der Waals surface area contributed by atoms with Gasteiger partial charge in [-0.2, -0.15) is 0 Å². The average molecular weight is 366 g/mol. The molecule has 0 bridgehead atoms. The number of guanidine groups is 1. The second-order valence-corrected chi connectivity index (χ2v) is 5.70. The van der Waals surface area contributed by atoms with E-state index >= 15 is 0 Å². The standard InChI is InChI=1S/C20H22N4O3/c1-2-13-23-18(25)12-5-14-3-10-17(11-4-14)27-19(26)15-6-8-16(9-7-15)24-20(21)22/h3-12H,2,13H2,1H3,(H,23,25)(H4,21,22,24)/b12-5+. The van der Waals surface area contributed by atoms with E-state index in [0.717, 1.165) is 12.0 Å². The molecule has 7 heteroatoms. The summed E-state index contributed by atoms with van der Waals surface area (Å²) in [5.41, 5.74) is 7.06. The van der Waals surface area contributed by atoms with Gasteiger partial charge in [-0.25, -0.2) is 4.79 Å². The van der Waals surface area contributed by atoms with Gasteiger partial charge in [0.05, 0.1) is 5.56 Å². The van der Waals surface area contributed by atoms with E-state index in [1.165, 1.54) is 6.08 Å². The normalized spacial score (nSPS) is 10.4. The Morgan fingerprint density at radius 2 is 1.78 bits per heavy atom. The highest BCUT2D eigenvalue weighted by Gasteiger charge is 2.08. The van der Waals surface area contributed by atoms with Crippen LogP contribution in [-0.4, -0.2) is 24.4 Å². The molecule has 0 radical (unpaired) electrons. The molecule has 0 atom stereocenters. The summed E-state index contributed by atoms with van der Waals surface area (Å²) in [4.78, 5) is 23.7. The average Bonchev–Trinajstić information content (AvgIpc) is 2.66. The highest BCUT2D eigenvalue weighted by atomic mass is 16.5. The van der Waals surface area contributed by atoms with Crippen molar-refractivity contribution in [2.45, 2.75) is 13.3 Å². The lowest BCUT2D eigenvalue weighted by molar-refractivity contribution is -0.116. The lowest BCUT2D eigenvalue weighted by Crippen LogP contribution is -2.21. The molecule has 0 aliphatic carbocycles. The van der Waals surface area contributed by atoms with Crippen LogP contribution < -0.4 is 21.1 Å². The number of ether oxygens (including phenoxy) is 1. The van der Waals surface area contributed by atoms with Crippen LogP contribution in [0.1, 0.15) is 29.3 Å². The minimum absolute atomic E-state index is 0.143. The summed E-state index contributed by atoms with van der Waals surface area (Å²) in [7, 11) is 0. The van der Waals surface area contributed by atoms with Crippen LogP contribution in [0.4, 0.5) is 5.69 Å². The third kappa shape index (κ3) is 6.66. The zero-order valence-corrected chi connectivity index (χ0v) is 15.0. The number of carbonyl (C=O) groups excluding carboxylic acids is 2. The first-order valence-electron chi connectivity index (χ1n) is 8.47. The molecule has 0 saturated heterocycles. The number of hydrogen-bond donors (Lipinski definition) is 4. The van der Waals surface area contributed by atoms with Crippen molar-refractivity contribution >= 4 is 29.6 Å². The van der Waals surface area contributed by atoms with Gasteiger partial charge in [-0.1, -0.05) is 19.1 Å². The van der Waals surface area contributed by atoms with Crippen LogP contribution in [0.5, 0.6) is 5.75 Å². The van der Waals surface area contributed by atoms with Gasteiger partial charge in [-0.3, -0.25) is 10.2 Å². The largest absolute Gasteiger partial charge is 0.423 e. The Morgan fingerprint density at radius 3 is 2.37 bits per heavy atom. The molecule has 7 nitrogen and oxygen atoms in total. The number of amides is 1. The molecule has 27 heavy (non-hydrogen) atoms. The molecule has 0 unspecified atom stereocenters. The number of rotatable bonds is 7. The summed E-state index contributed by atoms with van der Waals surface area (Å²) >= 11 is 0. The Morgan fingerprint density at radius 1 is 1.11 bits per heavy atom. The number of nitrogens with one attached hydrogen (secondary N) is 3. The van der Waals surface area contributed by atoms with Crippen LogP contribution >= 0.6 is 0 Å². The van der Waals surface area contributed by atoms with Crippen LogP contribution in [0.3, 0.4) is 0 Å². The Labute approximate surface area is 157 Å². The summed E-state index contributed by atoms with van der Waals surface area (Å²) < 4.78 is 5.33. The van der Waals surface area contributed by atoms with Crippen LogP contribution in [0.2, 0.25) is 0 Å². The number of nitrogens with two attached hydrogens (primary N) is 1. The molecule has 140 valence electrons. The summed E-state index contributed by atoms with van der Waals surface area (Å²) in [5, 5.41) is 12.6. The molecule has 0 fully saturated rings. The fourth-order valence-corrected chi connectivity index (χ4v) is 2.14. The van der Waals surface area contributed by atoms with Crippen molar-refractivity contribution < 1.29 is 14.3 Å². The highest BCUT2D eigenvalue weighted by Crippen LogP contribution is 2.16. The molecule has 5 N–H and O–H groups in total. The molecule has 0 aromatic heterocycles. The molecular weight excluding hydrogens is 344 g/mol. The molecule has 2 aromatic rings. The van der Waals surface area contributed by atoms with E-state index in [9.17, 15) is 9.59 Å². The van der Waals surface area contributed by atoms with Crippen molar-refractivity contribution in [2.75, 3.05) is 11.9 Å². The SMILES string of the molecule is CCCNC(=O)/C=C/c1ccc(OC(=O)c2ccc(NC(=N)N)cc2)cc1. The van der Waals surface area contributed by atoms with Gasteiger partial charge in [0.25, 0.3) is 0 Å². The van der Waals surface area contributed by atoms with Crippen LogP contribution in [0.25, 0.3) is 6.08 Å². The molecule has 2 rings (SSSR count). The van der Waals surface area contributed by atoms with Gasteiger partial charge in [0.1, 0.15) is 5.75 Å². The van der Waals surface area contributed by atoms with E-state index in [0.29, 0.717) is 23.5 Å². The number of esters is 1. The van der Waals surface area contributed by atoms with Gasteiger partial charge in [0.2, 0.25) is 5.91 Å². The Kier molecular flexibility index (Phi) is 7.13. The monoisotopic (exact) mass is 366 g/mol. The first-order valence-corrected chi connectivity index (χ1v) is 8.47. The molecule has 0 spiro atoms. The number of carbonyl (C=O) groups is 2. The maximum absolute atomic E-state index is 12.2. The molecule has 1 amide bonds. The lowest BCUT2D eigenvalue weighted by Gasteiger charge is -2.07. The van der Waals surface area contributed by atoms with Gasteiger partial charge in [-0.05, 0) is 54.5 Å². The van der Waals surface area contributed by atoms with E-state index < -0.39 is 5.97 Å². The first-order chi connectivity index (χ1) is 13.0. The Bertz CT molecular complexity index is 827. The predicted octanol–water partition coefficient (Wildman–Crippen LogP) is 2.75. The van der Waals surface area contributed by atoms with E-state index in [1.807, 2.05) is 6.92 Å². The fourth-order valence-electron chi connectivity index (χ4n) is 2.14. The van der Waals surface area contributed by atoms with Gasteiger partial charge in [-0.15, -0.1) is 0 Å². The first kappa shape index (κ1) is 19.7. The zero-order valence-electron chi connectivity index (χ0n) is 15.0. The number of hydrogen-bond acceptors (Lipinski definition) is 4. The lowest BCUT2D eigenvalue weighted by atomic mass is 10.2. The molecule has 0 heterocycles. The summed E-state index contributed by atoms with van der Waals surface area (Å²) in [6, 6.07) is 13.3. The fraction of sp³-hybridized carbons (Fsp3) is 0.150. The third-order valence-corrected chi connectivity index (χ3v) is 3.47.